The highest BCUT2D eigenvalue weighted by molar-refractivity contribution is 9.09. The molecule has 0 bridgehead atoms. The first kappa shape index (κ1) is 9.30. The van der Waals surface area contributed by atoms with Crippen LogP contribution in [0.1, 0.15) is 13.3 Å². The average molecular weight is 238 g/mol. The zero-order valence-corrected chi connectivity index (χ0v) is 8.60. The van der Waals surface area contributed by atoms with Gasteiger partial charge in [-0.25, -0.2) is 0 Å². The number of ether oxygens (including phenoxy) is 1. The maximum absolute atomic E-state index is 6.08. The molecule has 11 heavy (non-hydrogen) atoms. The lowest BCUT2D eigenvalue weighted by atomic mass is 10.1. The Bertz CT molecular complexity index is 189. The van der Waals surface area contributed by atoms with Gasteiger partial charge < -0.3 is 4.74 Å². The molecule has 0 saturated heterocycles. The van der Waals surface area contributed by atoms with E-state index >= 15 is 0 Å². The van der Waals surface area contributed by atoms with Crippen molar-refractivity contribution in [2.24, 2.45) is 0 Å². The highest BCUT2D eigenvalue weighted by Gasteiger charge is 2.25. The summed E-state index contributed by atoms with van der Waals surface area (Å²) in [4.78, 5) is 0. The van der Waals surface area contributed by atoms with Crippen molar-refractivity contribution in [3.8, 4) is 0 Å². The Morgan fingerprint density at radius 1 is 1.64 bits per heavy atom. The van der Waals surface area contributed by atoms with E-state index in [1.54, 1.807) is 0 Å². The van der Waals surface area contributed by atoms with E-state index in [0.717, 1.165) is 6.42 Å². The van der Waals surface area contributed by atoms with Crippen LogP contribution in [0.4, 0.5) is 0 Å². The summed E-state index contributed by atoms with van der Waals surface area (Å²) in [5.74, 6) is 0. The van der Waals surface area contributed by atoms with Gasteiger partial charge in [-0.2, -0.15) is 0 Å². The summed E-state index contributed by atoms with van der Waals surface area (Å²) in [5.41, 5.74) is 0. The van der Waals surface area contributed by atoms with Crippen LogP contribution in [0.5, 0.6) is 0 Å². The maximum Gasteiger partial charge on any atom is 0.165 e. The Labute approximate surface area is 80.2 Å². The first-order valence-corrected chi connectivity index (χ1v) is 4.77. The van der Waals surface area contributed by atoms with Gasteiger partial charge in [0.2, 0.25) is 0 Å². The Balaban J connectivity index is 2.54. The number of hydrogen-bond donors (Lipinski definition) is 0. The highest BCUT2D eigenvalue weighted by atomic mass is 79.9. The van der Waals surface area contributed by atoms with E-state index in [4.69, 9.17) is 16.3 Å². The quantitative estimate of drug-likeness (QED) is 0.670. The van der Waals surface area contributed by atoms with Gasteiger partial charge in [-0.3, -0.25) is 0 Å². The fourth-order valence-corrected chi connectivity index (χ4v) is 1.67. The predicted octanol–water partition coefficient (Wildman–Crippen LogP) is 3.20. The Morgan fingerprint density at radius 3 is 2.82 bits per heavy atom. The minimum atomic E-state index is -0.641. The van der Waals surface area contributed by atoms with Crippen molar-refractivity contribution in [2.75, 3.05) is 0 Å². The fraction of sp³-hybridized carbons (Fsp3) is 0.500. The van der Waals surface area contributed by atoms with Crippen molar-refractivity contribution >= 4 is 27.5 Å². The van der Waals surface area contributed by atoms with Crippen LogP contribution in [0.2, 0.25) is 0 Å². The van der Waals surface area contributed by atoms with Gasteiger partial charge in [0.05, 0.1) is 0 Å². The number of halogens is 2. The Morgan fingerprint density at radius 2 is 2.36 bits per heavy atom. The van der Waals surface area contributed by atoms with Crippen molar-refractivity contribution in [3.05, 3.63) is 24.3 Å². The fourth-order valence-electron chi connectivity index (χ4n) is 0.932. The second kappa shape index (κ2) is 3.74. The smallest absolute Gasteiger partial charge is 0.165 e. The molecule has 0 saturated carbocycles. The van der Waals surface area contributed by atoms with Crippen LogP contribution in [0.25, 0.3) is 0 Å². The van der Waals surface area contributed by atoms with E-state index in [2.05, 4.69) is 15.9 Å². The van der Waals surface area contributed by atoms with Crippen molar-refractivity contribution < 1.29 is 4.74 Å². The second-order valence-corrected chi connectivity index (χ2v) is 4.37. The summed E-state index contributed by atoms with van der Waals surface area (Å²) in [6, 6.07) is 0. The van der Waals surface area contributed by atoms with Crippen LogP contribution in [0.15, 0.2) is 24.3 Å². The van der Waals surface area contributed by atoms with E-state index in [9.17, 15) is 0 Å². The number of rotatable bonds is 2. The average Bonchev–Trinajstić information content (AvgIpc) is 1.85. The molecule has 62 valence electrons. The molecule has 0 fully saturated rings. The van der Waals surface area contributed by atoms with Crippen LogP contribution in [-0.4, -0.2) is 10.1 Å². The molecule has 0 aromatic heterocycles. The molecular formula is C8H10BrClO. The minimum absolute atomic E-state index is 0.0175. The van der Waals surface area contributed by atoms with Gasteiger partial charge in [0.25, 0.3) is 0 Å². The van der Waals surface area contributed by atoms with E-state index in [1.807, 2.05) is 31.2 Å². The summed E-state index contributed by atoms with van der Waals surface area (Å²) in [5, 5.41) is -0.659. The molecule has 1 aliphatic rings. The molecule has 0 spiro atoms. The molecular weight excluding hydrogens is 227 g/mol. The van der Waals surface area contributed by atoms with Gasteiger partial charge in [0.15, 0.2) is 5.06 Å². The van der Waals surface area contributed by atoms with Crippen molar-refractivity contribution in [1.82, 2.24) is 0 Å². The van der Waals surface area contributed by atoms with Gasteiger partial charge >= 0.3 is 0 Å². The number of allylic oxidation sites excluding steroid dienone is 2. The van der Waals surface area contributed by atoms with Crippen molar-refractivity contribution in [1.29, 1.82) is 0 Å². The summed E-state index contributed by atoms with van der Waals surface area (Å²) in [6.07, 6.45) is 8.42. The first-order chi connectivity index (χ1) is 5.12. The first-order valence-electron chi connectivity index (χ1n) is 3.47. The highest BCUT2D eigenvalue weighted by Crippen LogP contribution is 2.29. The maximum atomic E-state index is 6.08. The van der Waals surface area contributed by atoms with Crippen molar-refractivity contribution in [3.63, 3.8) is 0 Å². The molecule has 1 nitrogen and oxygen atoms in total. The summed E-state index contributed by atoms with van der Waals surface area (Å²) >= 11 is 9.36. The van der Waals surface area contributed by atoms with Crippen LogP contribution in [0, 0.1) is 0 Å². The number of hydrogen-bond acceptors (Lipinski definition) is 1. The third-order valence-electron chi connectivity index (χ3n) is 1.35. The molecule has 0 amide bonds. The van der Waals surface area contributed by atoms with Crippen LogP contribution in [0.3, 0.4) is 0 Å². The van der Waals surface area contributed by atoms with Crippen LogP contribution < -0.4 is 0 Å². The molecule has 3 heteroatoms. The molecule has 0 aliphatic heterocycles. The Kier molecular flexibility index (Phi) is 3.16. The summed E-state index contributed by atoms with van der Waals surface area (Å²) in [6.45, 7) is 1.90. The standard InChI is InChI=1S/C8H10BrClO/c1-7(9)11-8(10)5-3-2-4-6-8/h2-5,7H,6H2,1H3. The van der Waals surface area contributed by atoms with E-state index in [-0.39, 0.29) is 5.01 Å². The van der Waals surface area contributed by atoms with Gasteiger partial charge in [-0.15, -0.1) is 0 Å². The lowest BCUT2D eigenvalue weighted by molar-refractivity contribution is 0.0490. The van der Waals surface area contributed by atoms with Gasteiger partial charge in [-0.05, 0) is 13.0 Å². The number of alkyl halides is 2. The van der Waals surface area contributed by atoms with E-state index in [0.29, 0.717) is 0 Å². The summed E-state index contributed by atoms with van der Waals surface area (Å²) in [7, 11) is 0. The molecule has 1 aliphatic carbocycles. The van der Waals surface area contributed by atoms with Crippen LogP contribution in [-0.2, 0) is 4.74 Å². The molecule has 2 unspecified atom stereocenters. The lowest BCUT2D eigenvalue weighted by Gasteiger charge is -2.25. The predicted molar refractivity (Wildman–Crippen MR) is 51.0 cm³/mol. The zero-order chi connectivity index (χ0) is 8.32. The Hall–Kier alpha value is 0.210. The third kappa shape index (κ3) is 2.97. The van der Waals surface area contributed by atoms with Gasteiger partial charge in [0, 0.05) is 6.42 Å². The molecule has 0 heterocycles. The SMILES string of the molecule is CC(Br)OC1(Cl)C=CC=CC1. The van der Waals surface area contributed by atoms with Crippen molar-refractivity contribution in [2.45, 2.75) is 23.4 Å². The second-order valence-electron chi connectivity index (χ2n) is 2.44. The largest absolute Gasteiger partial charge is 0.342 e. The zero-order valence-electron chi connectivity index (χ0n) is 6.26. The van der Waals surface area contributed by atoms with Gasteiger partial charge in [0.1, 0.15) is 5.01 Å². The van der Waals surface area contributed by atoms with Gasteiger partial charge in [-0.1, -0.05) is 45.8 Å². The lowest BCUT2D eigenvalue weighted by Crippen LogP contribution is -2.25. The van der Waals surface area contributed by atoms with E-state index < -0.39 is 5.06 Å². The monoisotopic (exact) mass is 236 g/mol. The molecule has 0 radical (unpaired) electrons. The minimum Gasteiger partial charge on any atom is -0.342 e. The topological polar surface area (TPSA) is 9.23 Å². The molecule has 1 rings (SSSR count). The summed E-state index contributed by atoms with van der Waals surface area (Å²) < 4.78 is 5.42. The molecule has 0 aromatic carbocycles. The van der Waals surface area contributed by atoms with E-state index in [1.165, 1.54) is 0 Å². The molecule has 0 aromatic rings. The molecule has 0 N–H and O–H groups in total. The third-order valence-corrected chi connectivity index (χ3v) is 1.90. The molecule has 2 atom stereocenters. The van der Waals surface area contributed by atoms with Crippen LogP contribution >= 0.6 is 27.5 Å². The normalized spacial score (nSPS) is 32.3.